The molecule has 0 aromatic heterocycles. The van der Waals surface area contributed by atoms with Crippen molar-refractivity contribution in [2.75, 3.05) is 6.54 Å². The number of carbonyl (C=O) groups excluding carboxylic acids is 1. The second-order valence-electron chi connectivity index (χ2n) is 9.82. The van der Waals surface area contributed by atoms with E-state index in [2.05, 4.69) is 53.7 Å². The zero-order valence-electron chi connectivity index (χ0n) is 18.4. The molecule has 2 heterocycles. The minimum Gasteiger partial charge on any atom is -0.465 e. The zero-order chi connectivity index (χ0) is 21.8. The van der Waals surface area contributed by atoms with Gasteiger partial charge in [0.05, 0.1) is 0 Å². The van der Waals surface area contributed by atoms with Crippen molar-refractivity contribution in [2.24, 2.45) is 16.1 Å². The first-order chi connectivity index (χ1) is 14.8. The van der Waals surface area contributed by atoms with Crippen molar-refractivity contribution in [3.8, 4) is 5.75 Å². The predicted octanol–water partition coefficient (Wildman–Crippen LogP) is 3.63. The Bertz CT molecular complexity index is 1080. The summed E-state index contributed by atoms with van der Waals surface area (Å²) in [6.07, 6.45) is 3.15. The second-order valence-corrected chi connectivity index (χ2v) is 9.82. The van der Waals surface area contributed by atoms with Crippen molar-refractivity contribution in [1.82, 2.24) is 10.6 Å². The number of nitrogens with two attached hydrogens (primary N) is 1. The third kappa shape index (κ3) is 3.34. The number of benzene rings is 2. The molecular formula is C25H30N4O2. The monoisotopic (exact) mass is 418 g/mol. The number of nitrogens with zero attached hydrogens (tertiary/aromatic N) is 1. The molecule has 3 aliphatic rings. The highest BCUT2D eigenvalue weighted by molar-refractivity contribution is 5.94. The van der Waals surface area contributed by atoms with E-state index in [0.717, 1.165) is 30.6 Å². The number of nitrogens with one attached hydrogen (secondary N) is 2. The van der Waals surface area contributed by atoms with E-state index in [1.54, 1.807) is 0 Å². The van der Waals surface area contributed by atoms with Gasteiger partial charge in [0.15, 0.2) is 5.96 Å². The molecule has 2 aromatic carbocycles. The van der Waals surface area contributed by atoms with Gasteiger partial charge in [-0.05, 0) is 66.8 Å². The Morgan fingerprint density at radius 1 is 1.23 bits per heavy atom. The molecule has 1 unspecified atom stereocenters. The zero-order valence-corrected chi connectivity index (χ0v) is 18.4. The van der Waals surface area contributed by atoms with Crippen molar-refractivity contribution < 1.29 is 9.53 Å². The summed E-state index contributed by atoms with van der Waals surface area (Å²) in [5, 5.41) is 6.16. The van der Waals surface area contributed by atoms with Gasteiger partial charge in [0.2, 0.25) is 5.72 Å². The lowest BCUT2D eigenvalue weighted by Gasteiger charge is -2.27. The second kappa shape index (κ2) is 7.01. The van der Waals surface area contributed by atoms with Crippen molar-refractivity contribution in [3.05, 3.63) is 64.7 Å². The summed E-state index contributed by atoms with van der Waals surface area (Å²) < 4.78 is 5.99. The lowest BCUT2D eigenvalue weighted by Crippen LogP contribution is -2.48. The molecule has 0 bridgehead atoms. The molecule has 4 N–H and O–H groups in total. The Morgan fingerprint density at radius 2 is 2.03 bits per heavy atom. The Kier molecular flexibility index (Phi) is 4.50. The average Bonchev–Trinajstić information content (AvgIpc) is 3.26. The molecule has 0 spiro atoms. The van der Waals surface area contributed by atoms with Crippen molar-refractivity contribution in [2.45, 2.75) is 57.7 Å². The van der Waals surface area contributed by atoms with Gasteiger partial charge in [-0.1, -0.05) is 38.1 Å². The number of hydrogen-bond acceptors (Lipinski definition) is 5. The number of rotatable bonds is 5. The highest BCUT2D eigenvalue weighted by Gasteiger charge is 2.49. The maximum atomic E-state index is 12.8. The van der Waals surface area contributed by atoms with E-state index >= 15 is 0 Å². The largest absolute Gasteiger partial charge is 0.465 e. The SMILES string of the molecule is CC1(C)Cc2ccccc2[C@H]1CCCNC(=O)c1ccc2c(c1)[C@@H]1N=C(N)NC1(C)O2. The van der Waals surface area contributed by atoms with Gasteiger partial charge < -0.3 is 21.1 Å². The fourth-order valence-electron chi connectivity index (χ4n) is 5.52. The lowest BCUT2D eigenvalue weighted by molar-refractivity contribution is 0.0862. The molecule has 2 aliphatic heterocycles. The highest BCUT2D eigenvalue weighted by atomic mass is 16.5. The van der Waals surface area contributed by atoms with Crippen LogP contribution >= 0.6 is 0 Å². The van der Waals surface area contributed by atoms with Crippen LogP contribution in [0.25, 0.3) is 0 Å². The molecule has 0 saturated carbocycles. The van der Waals surface area contributed by atoms with Crippen LogP contribution in [0.5, 0.6) is 5.75 Å². The van der Waals surface area contributed by atoms with Gasteiger partial charge >= 0.3 is 0 Å². The van der Waals surface area contributed by atoms with E-state index in [1.165, 1.54) is 11.1 Å². The number of hydrogen-bond donors (Lipinski definition) is 3. The van der Waals surface area contributed by atoms with E-state index in [4.69, 9.17) is 10.5 Å². The number of fused-ring (bicyclic) bond motifs is 4. The molecule has 2 aromatic rings. The van der Waals surface area contributed by atoms with Crippen LogP contribution in [0.1, 0.15) is 72.6 Å². The molecule has 6 nitrogen and oxygen atoms in total. The molecule has 6 heteroatoms. The number of carbonyl (C=O) groups is 1. The van der Waals surface area contributed by atoms with Crippen molar-refractivity contribution in [3.63, 3.8) is 0 Å². The molecule has 0 fully saturated rings. The molecular weight excluding hydrogens is 388 g/mol. The minimum absolute atomic E-state index is 0.0645. The van der Waals surface area contributed by atoms with E-state index in [9.17, 15) is 4.79 Å². The topological polar surface area (TPSA) is 88.7 Å². The molecule has 0 radical (unpaired) electrons. The molecule has 31 heavy (non-hydrogen) atoms. The molecule has 3 atom stereocenters. The molecule has 0 saturated heterocycles. The summed E-state index contributed by atoms with van der Waals surface area (Å²) in [5.74, 6) is 1.58. The first kappa shape index (κ1) is 19.9. The van der Waals surface area contributed by atoms with E-state index in [1.807, 2.05) is 25.1 Å². The third-order valence-electron chi connectivity index (χ3n) is 7.03. The van der Waals surface area contributed by atoms with Crippen LogP contribution < -0.4 is 21.1 Å². The standard InChI is InChI=1S/C25H30N4O2/c1-24(2)14-16-7-4-5-8-17(16)19(24)9-6-12-27-22(30)15-10-11-20-18(13-15)21-25(3,31-20)29-23(26)28-21/h4-5,7-8,10-11,13,19,21H,6,9,12,14H2,1-3H3,(H,27,30)(H3,26,28,29)/t19-,21+,25?/m1/s1. The smallest absolute Gasteiger partial charge is 0.251 e. The fraction of sp³-hybridized carbons (Fsp3) is 0.440. The van der Waals surface area contributed by atoms with Gasteiger partial charge in [0.1, 0.15) is 11.8 Å². The fourth-order valence-corrected chi connectivity index (χ4v) is 5.52. The Hall–Kier alpha value is -3.02. The maximum Gasteiger partial charge on any atom is 0.251 e. The summed E-state index contributed by atoms with van der Waals surface area (Å²) in [6, 6.07) is 14.1. The van der Waals surface area contributed by atoms with Crippen molar-refractivity contribution >= 4 is 11.9 Å². The van der Waals surface area contributed by atoms with Crippen LogP contribution in [0, 0.1) is 5.41 Å². The van der Waals surface area contributed by atoms with Crippen LogP contribution in [0.4, 0.5) is 0 Å². The summed E-state index contributed by atoms with van der Waals surface area (Å²) in [5.41, 5.74) is 9.88. The van der Waals surface area contributed by atoms with Crippen LogP contribution in [-0.2, 0) is 6.42 Å². The van der Waals surface area contributed by atoms with Gasteiger partial charge in [-0.2, -0.15) is 0 Å². The molecule has 5 rings (SSSR count). The first-order valence-electron chi connectivity index (χ1n) is 11.1. The van der Waals surface area contributed by atoms with Gasteiger partial charge in [0.25, 0.3) is 5.91 Å². The summed E-state index contributed by atoms with van der Waals surface area (Å²) in [4.78, 5) is 17.2. The summed E-state index contributed by atoms with van der Waals surface area (Å²) in [6.45, 7) is 7.28. The quantitative estimate of drug-likeness (QED) is 0.647. The highest BCUT2D eigenvalue weighted by Crippen LogP contribution is 2.49. The number of amides is 1. The summed E-state index contributed by atoms with van der Waals surface area (Å²) >= 11 is 0. The molecule has 1 amide bonds. The van der Waals surface area contributed by atoms with E-state index < -0.39 is 5.72 Å². The first-order valence-corrected chi connectivity index (χ1v) is 11.1. The average molecular weight is 419 g/mol. The van der Waals surface area contributed by atoms with Gasteiger partial charge in [-0.3, -0.25) is 4.79 Å². The molecule has 162 valence electrons. The third-order valence-corrected chi connectivity index (χ3v) is 7.03. The predicted molar refractivity (Wildman–Crippen MR) is 121 cm³/mol. The Balaban J connectivity index is 1.21. The summed E-state index contributed by atoms with van der Waals surface area (Å²) in [7, 11) is 0. The Labute approximate surface area is 183 Å². The number of aliphatic imine (C=N–C) groups is 1. The van der Waals surface area contributed by atoms with Crippen LogP contribution in [-0.4, -0.2) is 24.1 Å². The van der Waals surface area contributed by atoms with Crippen LogP contribution in [0.3, 0.4) is 0 Å². The number of guanidine groups is 1. The lowest BCUT2D eigenvalue weighted by atomic mass is 9.77. The van der Waals surface area contributed by atoms with Gasteiger partial charge in [-0.15, -0.1) is 0 Å². The maximum absolute atomic E-state index is 12.8. The van der Waals surface area contributed by atoms with Gasteiger partial charge in [0, 0.05) is 17.7 Å². The number of ether oxygens (including phenoxy) is 1. The van der Waals surface area contributed by atoms with Crippen LogP contribution in [0.2, 0.25) is 0 Å². The van der Waals surface area contributed by atoms with Crippen molar-refractivity contribution in [1.29, 1.82) is 0 Å². The van der Waals surface area contributed by atoms with Crippen LogP contribution in [0.15, 0.2) is 47.5 Å². The Morgan fingerprint density at radius 3 is 2.87 bits per heavy atom. The van der Waals surface area contributed by atoms with Gasteiger partial charge in [-0.25, -0.2) is 4.99 Å². The van der Waals surface area contributed by atoms with E-state index in [0.29, 0.717) is 24.0 Å². The molecule has 1 aliphatic carbocycles. The minimum atomic E-state index is -0.675. The normalized spacial score (nSPS) is 26.9. The van der Waals surface area contributed by atoms with E-state index in [-0.39, 0.29) is 17.4 Å².